The van der Waals surface area contributed by atoms with Gasteiger partial charge in [0.05, 0.1) is 29.9 Å². The number of nitrogens with zero attached hydrogens (tertiary/aromatic N) is 7. The number of pyridine rings is 1. The van der Waals surface area contributed by atoms with Gasteiger partial charge < -0.3 is 24.0 Å². The van der Waals surface area contributed by atoms with Crippen LogP contribution in [-0.2, 0) is 11.8 Å². The Morgan fingerprint density at radius 1 is 1.14 bits per heavy atom. The van der Waals surface area contributed by atoms with Crippen molar-refractivity contribution in [1.82, 2.24) is 29.6 Å². The summed E-state index contributed by atoms with van der Waals surface area (Å²) in [7, 11) is 9.00. The first-order chi connectivity index (χ1) is 17.4. The van der Waals surface area contributed by atoms with Crippen molar-refractivity contribution in [3.05, 3.63) is 30.3 Å². The minimum atomic E-state index is -0.604. The fourth-order valence-corrected chi connectivity index (χ4v) is 4.72. The highest BCUT2D eigenvalue weighted by Crippen LogP contribution is 2.38. The number of fused-ring (bicyclic) bond motifs is 2. The molecular weight excluding hydrogens is 465 g/mol. The lowest BCUT2D eigenvalue weighted by Crippen LogP contribution is -2.42. The summed E-state index contributed by atoms with van der Waals surface area (Å²) in [5.74, 6) is -0.0452. The number of piperidine rings is 1. The summed E-state index contributed by atoms with van der Waals surface area (Å²) in [6.07, 6.45) is 5.72. The van der Waals surface area contributed by atoms with Crippen LogP contribution in [0.1, 0.15) is 12.8 Å². The van der Waals surface area contributed by atoms with Gasteiger partial charge in [-0.2, -0.15) is 10.1 Å². The van der Waals surface area contributed by atoms with E-state index in [1.807, 2.05) is 12.3 Å². The molecular formula is C25H30FN7O3. The van der Waals surface area contributed by atoms with Gasteiger partial charge in [-0.1, -0.05) is 0 Å². The molecule has 0 spiro atoms. The van der Waals surface area contributed by atoms with Crippen LogP contribution in [0.2, 0.25) is 0 Å². The molecule has 36 heavy (non-hydrogen) atoms. The van der Waals surface area contributed by atoms with Crippen LogP contribution in [0, 0.1) is 5.82 Å². The molecule has 0 saturated carbocycles. The lowest BCUT2D eigenvalue weighted by molar-refractivity contribution is 0.0489. The zero-order chi connectivity index (χ0) is 25.4. The van der Waals surface area contributed by atoms with Crippen LogP contribution in [0.5, 0.6) is 11.6 Å². The Hall–Kier alpha value is -3.57. The largest absolute Gasteiger partial charge is 0.480 e. The number of aryl methyl sites for hydroxylation is 1. The van der Waals surface area contributed by atoms with Crippen LogP contribution < -0.4 is 14.4 Å². The molecule has 1 fully saturated rings. The highest BCUT2D eigenvalue weighted by molar-refractivity contribution is 5.90. The van der Waals surface area contributed by atoms with Crippen molar-refractivity contribution in [3.8, 4) is 23.0 Å². The van der Waals surface area contributed by atoms with E-state index in [4.69, 9.17) is 14.2 Å². The first-order valence-corrected chi connectivity index (χ1v) is 11.8. The van der Waals surface area contributed by atoms with Gasteiger partial charge in [-0.15, -0.1) is 0 Å². The smallest absolute Gasteiger partial charge is 0.226 e. The Labute approximate surface area is 208 Å². The van der Waals surface area contributed by atoms with E-state index in [-0.39, 0.29) is 23.9 Å². The van der Waals surface area contributed by atoms with E-state index in [0.717, 1.165) is 31.6 Å². The number of halogens is 1. The minimum Gasteiger partial charge on any atom is -0.480 e. The van der Waals surface area contributed by atoms with Crippen LogP contribution >= 0.6 is 0 Å². The second-order valence-electron chi connectivity index (χ2n) is 9.16. The van der Waals surface area contributed by atoms with Crippen LogP contribution in [-0.4, -0.2) is 83.9 Å². The predicted molar refractivity (Wildman–Crippen MR) is 135 cm³/mol. The lowest BCUT2D eigenvalue weighted by Gasteiger charge is -2.36. The fourth-order valence-electron chi connectivity index (χ4n) is 4.72. The summed E-state index contributed by atoms with van der Waals surface area (Å²) < 4.78 is 33.2. The Bertz CT molecular complexity index is 1400. The molecule has 10 nitrogen and oxygen atoms in total. The van der Waals surface area contributed by atoms with Gasteiger partial charge in [0, 0.05) is 44.9 Å². The molecule has 0 amide bonds. The average molecular weight is 496 g/mol. The normalized spacial score (nSPS) is 14.8. The van der Waals surface area contributed by atoms with Gasteiger partial charge in [0.1, 0.15) is 5.52 Å². The summed E-state index contributed by atoms with van der Waals surface area (Å²) in [5, 5.41) is 5.49. The maximum absolute atomic E-state index is 15.4. The number of hydrogen-bond acceptors (Lipinski definition) is 9. The molecule has 1 saturated heterocycles. The Morgan fingerprint density at radius 2 is 1.92 bits per heavy atom. The Balaban J connectivity index is 1.57. The molecule has 0 atom stereocenters. The Kier molecular flexibility index (Phi) is 6.59. The number of benzene rings is 1. The summed E-state index contributed by atoms with van der Waals surface area (Å²) in [5.41, 5.74) is 2.01. The van der Waals surface area contributed by atoms with Gasteiger partial charge in [-0.3, -0.25) is 4.68 Å². The average Bonchev–Trinajstić information content (AvgIpc) is 3.27. The summed E-state index contributed by atoms with van der Waals surface area (Å²) in [4.78, 5) is 18.5. The lowest BCUT2D eigenvalue weighted by atomic mass is 10.0. The molecule has 4 aromatic rings. The van der Waals surface area contributed by atoms with E-state index in [1.165, 1.54) is 7.11 Å². The van der Waals surface area contributed by atoms with Crippen molar-refractivity contribution in [2.75, 3.05) is 53.1 Å². The summed E-state index contributed by atoms with van der Waals surface area (Å²) in [6, 6.07) is 4.34. The van der Waals surface area contributed by atoms with Crippen molar-refractivity contribution >= 4 is 27.6 Å². The second-order valence-corrected chi connectivity index (χ2v) is 9.16. The van der Waals surface area contributed by atoms with Gasteiger partial charge >= 0.3 is 0 Å². The molecule has 0 aliphatic carbocycles. The van der Waals surface area contributed by atoms with Crippen molar-refractivity contribution in [2.24, 2.45) is 7.05 Å². The molecule has 0 N–H and O–H groups in total. The zero-order valence-electron chi connectivity index (χ0n) is 21.2. The number of methoxy groups -OCH3 is 2. The molecule has 5 rings (SSSR count). The maximum Gasteiger partial charge on any atom is 0.226 e. The van der Waals surface area contributed by atoms with Crippen molar-refractivity contribution < 1.29 is 18.6 Å². The summed E-state index contributed by atoms with van der Waals surface area (Å²) in [6.45, 7) is 1.75. The zero-order valence-corrected chi connectivity index (χ0v) is 21.2. The van der Waals surface area contributed by atoms with Gasteiger partial charge in [0.25, 0.3) is 0 Å². The topological polar surface area (TPSA) is 90.7 Å². The predicted octanol–water partition coefficient (Wildman–Crippen LogP) is 3.24. The number of aromatic nitrogens is 5. The van der Waals surface area contributed by atoms with Crippen molar-refractivity contribution in [2.45, 2.75) is 18.9 Å². The molecule has 11 heteroatoms. The number of hydrogen-bond donors (Lipinski definition) is 0. The first-order valence-electron chi connectivity index (χ1n) is 11.8. The third-order valence-electron chi connectivity index (χ3n) is 6.63. The molecule has 0 radical (unpaired) electrons. The number of ether oxygens (including phenoxy) is 3. The second kappa shape index (κ2) is 9.82. The maximum atomic E-state index is 15.4. The monoisotopic (exact) mass is 495 g/mol. The van der Waals surface area contributed by atoms with Gasteiger partial charge in [0.15, 0.2) is 29.8 Å². The van der Waals surface area contributed by atoms with Crippen molar-refractivity contribution in [3.63, 3.8) is 0 Å². The SMILES string of the molecule is COCOc1c(-c2nc(OC)c3cc(N4CCC(N(C)C)CC4)cnc3n2)cc2cn(C)nc2c1F. The van der Waals surface area contributed by atoms with Crippen LogP contribution in [0.15, 0.2) is 24.5 Å². The van der Waals surface area contributed by atoms with E-state index >= 15 is 4.39 Å². The van der Waals surface area contributed by atoms with Crippen LogP contribution in [0.25, 0.3) is 33.3 Å². The molecule has 0 unspecified atom stereocenters. The molecule has 1 aliphatic heterocycles. The van der Waals surface area contributed by atoms with E-state index < -0.39 is 5.82 Å². The third-order valence-corrected chi connectivity index (χ3v) is 6.63. The van der Waals surface area contributed by atoms with Crippen LogP contribution in [0.4, 0.5) is 10.1 Å². The number of rotatable bonds is 7. The molecule has 1 aromatic carbocycles. The van der Waals surface area contributed by atoms with Gasteiger partial charge in [-0.25, -0.2) is 14.4 Å². The first kappa shape index (κ1) is 24.1. The molecule has 3 aromatic heterocycles. The number of anilines is 1. The fraction of sp³-hybridized carbons (Fsp3) is 0.440. The highest BCUT2D eigenvalue weighted by Gasteiger charge is 2.24. The van der Waals surface area contributed by atoms with Crippen molar-refractivity contribution in [1.29, 1.82) is 0 Å². The molecule has 0 bridgehead atoms. The van der Waals surface area contributed by atoms with E-state index in [2.05, 4.69) is 43.9 Å². The van der Waals surface area contributed by atoms with Gasteiger partial charge in [-0.05, 0) is 39.1 Å². The molecule has 190 valence electrons. The van der Waals surface area contributed by atoms with Crippen LogP contribution in [0.3, 0.4) is 0 Å². The Morgan fingerprint density at radius 3 is 2.61 bits per heavy atom. The minimum absolute atomic E-state index is 0.0372. The van der Waals surface area contributed by atoms with Gasteiger partial charge in [0.2, 0.25) is 5.88 Å². The van der Waals surface area contributed by atoms with E-state index in [9.17, 15) is 0 Å². The standard InChI is InChI=1S/C25H30FN7O3/c1-31(2)16-6-8-33(9-7-16)17-11-19-23(27-12-17)28-24(29-25(19)35-5)18-10-15-13-32(3)30-21(15)20(26)22(18)36-14-34-4/h10-13,16H,6-9,14H2,1-5H3. The van der Waals surface area contributed by atoms with E-state index in [1.54, 1.807) is 31.1 Å². The quantitative estimate of drug-likeness (QED) is 0.358. The molecule has 1 aliphatic rings. The summed E-state index contributed by atoms with van der Waals surface area (Å²) >= 11 is 0. The highest BCUT2D eigenvalue weighted by atomic mass is 19.1. The third kappa shape index (κ3) is 4.40. The molecule has 4 heterocycles. The van der Waals surface area contributed by atoms with E-state index in [0.29, 0.717) is 33.9 Å².